The first-order chi connectivity index (χ1) is 11.0. The van der Waals surface area contributed by atoms with Crippen LogP contribution in [0.2, 0.25) is 0 Å². The van der Waals surface area contributed by atoms with Crippen molar-refractivity contribution in [3.05, 3.63) is 66.2 Å². The largest absolute Gasteiger partial charge is 0.240 e. The summed E-state index contributed by atoms with van der Waals surface area (Å²) in [5.74, 6) is 0. The average Bonchev–Trinajstić information content (AvgIpc) is 2.59. The van der Waals surface area contributed by atoms with Gasteiger partial charge >= 0.3 is 0 Å². The zero-order valence-electron chi connectivity index (χ0n) is 12.9. The smallest absolute Gasteiger partial charge is 0.207 e. The van der Waals surface area contributed by atoms with Crippen molar-refractivity contribution in [2.75, 3.05) is 6.54 Å². The Kier molecular flexibility index (Phi) is 5.32. The summed E-state index contributed by atoms with van der Waals surface area (Å²) in [6.07, 6.45) is 2.41. The van der Waals surface area contributed by atoms with Gasteiger partial charge in [0.05, 0.1) is 16.5 Å². The van der Waals surface area contributed by atoms with Gasteiger partial charge < -0.3 is 0 Å². The second-order valence-electron chi connectivity index (χ2n) is 5.01. The summed E-state index contributed by atoms with van der Waals surface area (Å²) < 4.78 is 26.6. The van der Waals surface area contributed by atoms with Crippen LogP contribution in [0.25, 0.3) is 11.1 Å². The number of hydrogen-bond donors (Lipinski definition) is 1. The van der Waals surface area contributed by atoms with Crippen LogP contribution in [-0.4, -0.2) is 15.0 Å². The van der Waals surface area contributed by atoms with Crippen molar-refractivity contribution < 1.29 is 8.42 Å². The van der Waals surface area contributed by atoms with Crippen molar-refractivity contribution >= 4 is 10.0 Å². The molecule has 0 unspecified atom stereocenters. The molecule has 0 atom stereocenters. The van der Waals surface area contributed by atoms with Crippen LogP contribution in [0.1, 0.15) is 18.1 Å². The van der Waals surface area contributed by atoms with Gasteiger partial charge in [-0.15, -0.1) is 6.58 Å². The van der Waals surface area contributed by atoms with E-state index in [-0.39, 0.29) is 11.4 Å². The van der Waals surface area contributed by atoms with Gasteiger partial charge in [-0.3, -0.25) is 0 Å². The molecule has 5 heteroatoms. The molecule has 0 heterocycles. The summed E-state index contributed by atoms with van der Waals surface area (Å²) in [4.78, 5) is 0.0739. The number of nitriles is 1. The van der Waals surface area contributed by atoms with E-state index in [1.165, 1.54) is 23.8 Å². The molecule has 2 aromatic carbocycles. The molecule has 2 rings (SSSR count). The quantitative estimate of drug-likeness (QED) is 0.828. The summed E-state index contributed by atoms with van der Waals surface area (Å²) in [6.45, 7) is 5.70. The monoisotopic (exact) mass is 326 g/mol. The van der Waals surface area contributed by atoms with E-state index in [0.29, 0.717) is 5.56 Å². The van der Waals surface area contributed by atoms with Gasteiger partial charge in [-0.05, 0) is 35.2 Å². The lowest BCUT2D eigenvalue weighted by molar-refractivity contribution is 0.585. The fourth-order valence-corrected chi connectivity index (χ4v) is 3.23. The van der Waals surface area contributed by atoms with Crippen LogP contribution >= 0.6 is 0 Å². The van der Waals surface area contributed by atoms with E-state index in [1.807, 2.05) is 24.3 Å². The van der Waals surface area contributed by atoms with Crippen molar-refractivity contribution in [2.24, 2.45) is 0 Å². The highest BCUT2D eigenvalue weighted by Crippen LogP contribution is 2.26. The van der Waals surface area contributed by atoms with E-state index in [4.69, 9.17) is 0 Å². The third-order valence-electron chi connectivity index (χ3n) is 3.51. The maximum atomic E-state index is 12.1. The lowest BCUT2D eigenvalue weighted by Gasteiger charge is -2.09. The van der Waals surface area contributed by atoms with Crippen molar-refractivity contribution in [1.29, 1.82) is 5.26 Å². The fraction of sp³-hybridized carbons (Fsp3) is 0.167. The zero-order chi connectivity index (χ0) is 16.9. The molecule has 2 aromatic rings. The minimum absolute atomic E-state index is 0.0739. The first-order valence-corrected chi connectivity index (χ1v) is 8.74. The van der Waals surface area contributed by atoms with Crippen LogP contribution in [0.3, 0.4) is 0 Å². The molecule has 0 amide bonds. The molecule has 4 nitrogen and oxygen atoms in total. The Labute approximate surface area is 137 Å². The number of sulfonamides is 1. The molecule has 0 fully saturated rings. The molecule has 0 saturated carbocycles. The molecule has 0 bridgehead atoms. The second-order valence-corrected chi connectivity index (χ2v) is 6.78. The molecule has 0 radical (unpaired) electrons. The van der Waals surface area contributed by atoms with E-state index in [9.17, 15) is 13.7 Å². The van der Waals surface area contributed by atoms with Crippen molar-refractivity contribution in [3.63, 3.8) is 0 Å². The topological polar surface area (TPSA) is 70.0 Å². The highest BCUT2D eigenvalue weighted by molar-refractivity contribution is 7.89. The molecule has 118 valence electrons. The van der Waals surface area contributed by atoms with Crippen LogP contribution in [0.4, 0.5) is 0 Å². The van der Waals surface area contributed by atoms with Gasteiger partial charge in [-0.2, -0.15) is 5.26 Å². The summed E-state index contributed by atoms with van der Waals surface area (Å²) >= 11 is 0. The highest BCUT2D eigenvalue weighted by Gasteiger charge is 2.15. The van der Waals surface area contributed by atoms with Gasteiger partial charge in [0.15, 0.2) is 0 Å². The van der Waals surface area contributed by atoms with Crippen LogP contribution in [0.5, 0.6) is 0 Å². The minimum atomic E-state index is -3.64. The molecule has 0 spiro atoms. The molecule has 0 aliphatic rings. The maximum Gasteiger partial charge on any atom is 0.240 e. The average molecular weight is 326 g/mol. The third kappa shape index (κ3) is 3.86. The van der Waals surface area contributed by atoms with Gasteiger partial charge in [0.25, 0.3) is 0 Å². The number of benzene rings is 2. The Morgan fingerprint density at radius 2 is 1.91 bits per heavy atom. The summed E-state index contributed by atoms with van der Waals surface area (Å²) in [6, 6.07) is 14.6. The normalized spacial score (nSPS) is 11.0. The zero-order valence-corrected chi connectivity index (χ0v) is 13.7. The number of hydrogen-bond acceptors (Lipinski definition) is 3. The first kappa shape index (κ1) is 16.9. The lowest BCUT2D eigenvalue weighted by Crippen LogP contribution is -2.23. The Morgan fingerprint density at radius 3 is 2.48 bits per heavy atom. The number of nitrogens with zero attached hydrogens (tertiary/aromatic N) is 1. The molecule has 0 saturated heterocycles. The number of aryl methyl sites for hydroxylation is 1. The van der Waals surface area contributed by atoms with E-state index in [1.54, 1.807) is 6.07 Å². The van der Waals surface area contributed by atoms with Crippen LogP contribution in [0, 0.1) is 11.3 Å². The van der Waals surface area contributed by atoms with Gasteiger partial charge in [-0.1, -0.05) is 43.3 Å². The summed E-state index contributed by atoms with van der Waals surface area (Å²) in [7, 11) is -3.64. The predicted octanol–water partition coefficient (Wildman–Crippen LogP) is 3.25. The Bertz CT molecular complexity index is 848. The Morgan fingerprint density at radius 1 is 1.22 bits per heavy atom. The highest BCUT2D eigenvalue weighted by atomic mass is 32.2. The van der Waals surface area contributed by atoms with Crippen molar-refractivity contribution in [3.8, 4) is 17.2 Å². The van der Waals surface area contributed by atoms with Gasteiger partial charge in [0.1, 0.15) is 0 Å². The molecule has 0 aliphatic carbocycles. The molecular weight excluding hydrogens is 308 g/mol. The number of rotatable bonds is 6. The molecule has 0 aliphatic heterocycles. The summed E-state index contributed by atoms with van der Waals surface area (Å²) in [5, 5.41) is 9.37. The predicted molar refractivity (Wildman–Crippen MR) is 91.4 cm³/mol. The molecule has 1 N–H and O–H groups in total. The van der Waals surface area contributed by atoms with Crippen molar-refractivity contribution in [2.45, 2.75) is 18.2 Å². The van der Waals surface area contributed by atoms with Gasteiger partial charge in [0, 0.05) is 6.54 Å². The van der Waals surface area contributed by atoms with Crippen LogP contribution in [-0.2, 0) is 16.4 Å². The lowest BCUT2D eigenvalue weighted by atomic mass is 9.99. The molecule has 23 heavy (non-hydrogen) atoms. The maximum absolute atomic E-state index is 12.1. The fourth-order valence-electron chi connectivity index (χ4n) is 2.21. The Hall–Kier alpha value is -2.42. The van der Waals surface area contributed by atoms with Crippen molar-refractivity contribution in [1.82, 2.24) is 4.72 Å². The Balaban J connectivity index is 2.44. The second kappa shape index (κ2) is 7.23. The minimum Gasteiger partial charge on any atom is -0.207 e. The number of nitrogens with one attached hydrogen (secondary N) is 1. The SMILES string of the molecule is C=CCNS(=O)(=O)c1ccc(-c2ccc(CC)cc2)c(C#N)c1. The van der Waals surface area contributed by atoms with Crippen LogP contribution in [0.15, 0.2) is 60.0 Å². The van der Waals surface area contributed by atoms with Gasteiger partial charge in [-0.25, -0.2) is 13.1 Å². The molecule has 0 aromatic heterocycles. The summed E-state index contributed by atoms with van der Waals surface area (Å²) in [5.41, 5.74) is 3.15. The third-order valence-corrected chi connectivity index (χ3v) is 4.93. The van der Waals surface area contributed by atoms with E-state index in [0.717, 1.165) is 17.5 Å². The van der Waals surface area contributed by atoms with Gasteiger partial charge in [0.2, 0.25) is 10.0 Å². The molecular formula is C18H18N2O2S. The standard InChI is InChI=1S/C18H18N2O2S/c1-3-11-20-23(21,22)17-9-10-18(16(12-17)13-19)15-7-5-14(4-2)6-8-15/h3,5-10,12,20H,1,4,11H2,2H3. The van der Waals surface area contributed by atoms with E-state index >= 15 is 0 Å². The van der Waals surface area contributed by atoms with E-state index < -0.39 is 10.0 Å². The van der Waals surface area contributed by atoms with E-state index in [2.05, 4.69) is 24.3 Å². The first-order valence-electron chi connectivity index (χ1n) is 7.26. The van der Waals surface area contributed by atoms with Crippen LogP contribution < -0.4 is 4.72 Å².